The average Bonchev–Trinajstić information content (AvgIpc) is 2.73. The molecular weight excluding hydrogens is 346 g/mol. The molecule has 0 aliphatic carbocycles. The zero-order valence-electron chi connectivity index (χ0n) is 16.1. The zero-order chi connectivity index (χ0) is 19.6. The maximum Gasteiger partial charge on any atom is 0.162 e. The van der Waals surface area contributed by atoms with E-state index in [4.69, 9.17) is 10.7 Å². The van der Waals surface area contributed by atoms with Crippen molar-refractivity contribution in [2.45, 2.75) is 32.1 Å². The van der Waals surface area contributed by atoms with Gasteiger partial charge >= 0.3 is 0 Å². The largest absolute Gasteiger partial charge is 0.383 e. The molecule has 3 aromatic heterocycles. The van der Waals surface area contributed by atoms with E-state index in [1.807, 2.05) is 24.4 Å². The highest BCUT2D eigenvalue weighted by Gasteiger charge is 2.25. The molecule has 5 heteroatoms. The lowest BCUT2D eigenvalue weighted by molar-refractivity contribution is 0.482. The molecular formula is C23H23N5. The minimum Gasteiger partial charge on any atom is -0.383 e. The van der Waals surface area contributed by atoms with Crippen LogP contribution in [-0.2, 0) is 11.8 Å². The Bertz CT molecular complexity index is 1090. The first-order valence-electron chi connectivity index (χ1n) is 9.41. The van der Waals surface area contributed by atoms with E-state index in [0.29, 0.717) is 11.6 Å². The van der Waals surface area contributed by atoms with E-state index in [2.05, 4.69) is 53.1 Å². The van der Waals surface area contributed by atoms with E-state index in [0.717, 1.165) is 34.9 Å². The van der Waals surface area contributed by atoms with Gasteiger partial charge in [-0.25, -0.2) is 9.97 Å². The zero-order valence-corrected chi connectivity index (χ0v) is 16.1. The number of nitrogen functional groups attached to an aromatic ring is 1. The lowest BCUT2D eigenvalue weighted by atomic mass is 9.79. The van der Waals surface area contributed by atoms with Crippen molar-refractivity contribution in [2.24, 2.45) is 0 Å². The van der Waals surface area contributed by atoms with Crippen LogP contribution in [0.1, 0.15) is 31.4 Å². The maximum absolute atomic E-state index is 6.40. The predicted octanol–water partition coefficient (Wildman–Crippen LogP) is 4.58. The Morgan fingerprint density at radius 3 is 2.39 bits per heavy atom. The Morgan fingerprint density at radius 1 is 0.893 bits per heavy atom. The molecule has 0 bridgehead atoms. The van der Waals surface area contributed by atoms with Crippen molar-refractivity contribution in [3.05, 3.63) is 78.4 Å². The summed E-state index contributed by atoms with van der Waals surface area (Å²) < 4.78 is 0. The van der Waals surface area contributed by atoms with Gasteiger partial charge in [-0.05, 0) is 41.5 Å². The molecule has 0 radical (unpaired) electrons. The number of benzene rings is 1. The van der Waals surface area contributed by atoms with Crippen LogP contribution in [0.25, 0.3) is 22.3 Å². The Labute approximate surface area is 164 Å². The number of nitrogens with two attached hydrogens (primary N) is 1. The third kappa shape index (κ3) is 3.56. The van der Waals surface area contributed by atoms with Crippen molar-refractivity contribution in [2.75, 3.05) is 5.73 Å². The molecule has 0 saturated heterocycles. The van der Waals surface area contributed by atoms with E-state index < -0.39 is 0 Å². The van der Waals surface area contributed by atoms with Crippen LogP contribution in [0, 0.1) is 0 Å². The molecule has 1 aromatic carbocycles. The summed E-state index contributed by atoms with van der Waals surface area (Å²) in [5.74, 6) is 1.08. The highest BCUT2D eigenvalue weighted by Crippen LogP contribution is 2.35. The highest BCUT2D eigenvalue weighted by atomic mass is 15.0. The van der Waals surface area contributed by atoms with Gasteiger partial charge in [0.15, 0.2) is 5.82 Å². The van der Waals surface area contributed by atoms with E-state index in [-0.39, 0.29) is 5.41 Å². The van der Waals surface area contributed by atoms with E-state index in [1.165, 1.54) is 5.56 Å². The Hall–Kier alpha value is -3.34. The second-order valence-corrected chi connectivity index (χ2v) is 7.62. The van der Waals surface area contributed by atoms with Crippen LogP contribution in [0.4, 0.5) is 5.82 Å². The summed E-state index contributed by atoms with van der Waals surface area (Å²) in [7, 11) is 0. The summed E-state index contributed by atoms with van der Waals surface area (Å²) in [6.45, 7) is 4.45. The monoisotopic (exact) mass is 369 g/mol. The van der Waals surface area contributed by atoms with Crippen molar-refractivity contribution >= 4 is 16.7 Å². The Kier molecular flexibility index (Phi) is 4.74. The molecule has 0 spiro atoms. The van der Waals surface area contributed by atoms with Crippen molar-refractivity contribution in [3.63, 3.8) is 0 Å². The van der Waals surface area contributed by atoms with E-state index in [1.54, 1.807) is 18.6 Å². The molecule has 140 valence electrons. The first-order valence-corrected chi connectivity index (χ1v) is 9.41. The third-order valence-corrected chi connectivity index (χ3v) is 5.18. The molecule has 0 saturated carbocycles. The predicted molar refractivity (Wildman–Crippen MR) is 113 cm³/mol. The second kappa shape index (κ2) is 7.35. The highest BCUT2D eigenvalue weighted by molar-refractivity contribution is 5.92. The lowest BCUT2D eigenvalue weighted by Gasteiger charge is -2.26. The first kappa shape index (κ1) is 18.0. The van der Waals surface area contributed by atoms with Gasteiger partial charge in [-0.1, -0.05) is 44.2 Å². The number of rotatable bonds is 5. The van der Waals surface area contributed by atoms with Gasteiger partial charge in [-0.15, -0.1) is 0 Å². The number of hydrogen-bond donors (Lipinski definition) is 1. The molecule has 0 fully saturated rings. The fraction of sp³-hybridized carbons (Fsp3) is 0.217. The van der Waals surface area contributed by atoms with E-state index >= 15 is 0 Å². The number of hydrogen-bond acceptors (Lipinski definition) is 5. The van der Waals surface area contributed by atoms with Crippen LogP contribution < -0.4 is 5.73 Å². The molecule has 3 heterocycles. The van der Waals surface area contributed by atoms with Crippen LogP contribution in [0.3, 0.4) is 0 Å². The van der Waals surface area contributed by atoms with Gasteiger partial charge in [-0.3, -0.25) is 9.97 Å². The minimum absolute atomic E-state index is 0.113. The number of aromatic nitrogens is 4. The molecule has 5 nitrogen and oxygen atoms in total. The minimum atomic E-state index is -0.113. The van der Waals surface area contributed by atoms with Crippen molar-refractivity contribution in [1.29, 1.82) is 0 Å². The van der Waals surface area contributed by atoms with Crippen LogP contribution in [-0.4, -0.2) is 19.9 Å². The summed E-state index contributed by atoms with van der Waals surface area (Å²) in [5, 5.41) is 0.894. The Balaban J connectivity index is 1.73. The normalized spacial score (nSPS) is 11.6. The summed E-state index contributed by atoms with van der Waals surface area (Å²) >= 11 is 0. The number of fused-ring (bicyclic) bond motifs is 1. The smallest absolute Gasteiger partial charge is 0.162 e. The maximum atomic E-state index is 6.40. The molecule has 0 unspecified atom stereocenters. The van der Waals surface area contributed by atoms with Crippen LogP contribution in [0.2, 0.25) is 0 Å². The average molecular weight is 369 g/mol. The number of aryl methyl sites for hydroxylation is 1. The van der Waals surface area contributed by atoms with Gasteiger partial charge in [0.25, 0.3) is 0 Å². The van der Waals surface area contributed by atoms with Gasteiger partial charge in [-0.2, -0.15) is 0 Å². The molecule has 4 aromatic rings. The molecule has 4 rings (SSSR count). The summed E-state index contributed by atoms with van der Waals surface area (Å²) in [4.78, 5) is 17.8. The van der Waals surface area contributed by atoms with Crippen LogP contribution in [0.5, 0.6) is 0 Å². The lowest BCUT2D eigenvalue weighted by Crippen LogP contribution is -2.20. The summed E-state index contributed by atoms with van der Waals surface area (Å²) in [5.41, 5.74) is 10.4. The number of pyridine rings is 2. The molecule has 0 aliphatic rings. The van der Waals surface area contributed by atoms with Gasteiger partial charge in [0.2, 0.25) is 0 Å². The SMILES string of the molecule is CC(C)(CCc1ccccc1)c1cncc2nc(-c3ccncc3)nc(N)c12. The quantitative estimate of drug-likeness (QED) is 0.557. The fourth-order valence-electron chi connectivity index (χ4n) is 3.49. The summed E-state index contributed by atoms with van der Waals surface area (Å²) in [6.07, 6.45) is 9.07. The Morgan fingerprint density at radius 2 is 1.64 bits per heavy atom. The topological polar surface area (TPSA) is 77.6 Å². The molecule has 0 aliphatic heterocycles. The number of anilines is 1. The standard InChI is InChI=1S/C23H23N5/c1-23(2,11-8-16-6-4-3-5-7-16)18-14-26-15-19-20(18)21(24)28-22(27-19)17-9-12-25-13-10-17/h3-7,9-10,12-15H,8,11H2,1-2H3,(H2,24,27,28). The first-order chi connectivity index (χ1) is 13.5. The second-order valence-electron chi connectivity index (χ2n) is 7.62. The third-order valence-electron chi connectivity index (χ3n) is 5.18. The molecule has 0 atom stereocenters. The van der Waals surface area contributed by atoms with Crippen LogP contribution in [0.15, 0.2) is 67.3 Å². The molecule has 2 N–H and O–H groups in total. The van der Waals surface area contributed by atoms with Crippen molar-refractivity contribution < 1.29 is 0 Å². The van der Waals surface area contributed by atoms with Crippen molar-refractivity contribution in [3.8, 4) is 11.4 Å². The van der Waals surface area contributed by atoms with Gasteiger partial charge in [0.1, 0.15) is 5.82 Å². The van der Waals surface area contributed by atoms with E-state index in [9.17, 15) is 0 Å². The van der Waals surface area contributed by atoms with Crippen molar-refractivity contribution in [1.82, 2.24) is 19.9 Å². The number of nitrogens with zero attached hydrogens (tertiary/aromatic N) is 4. The summed E-state index contributed by atoms with van der Waals surface area (Å²) in [6, 6.07) is 14.3. The van der Waals surface area contributed by atoms with Crippen LogP contribution >= 0.6 is 0 Å². The molecule has 28 heavy (non-hydrogen) atoms. The van der Waals surface area contributed by atoms with Gasteiger partial charge < -0.3 is 5.73 Å². The van der Waals surface area contributed by atoms with Gasteiger partial charge in [0.05, 0.1) is 11.7 Å². The molecule has 0 amide bonds. The fourth-order valence-corrected chi connectivity index (χ4v) is 3.49. The van der Waals surface area contributed by atoms with Gasteiger partial charge in [0, 0.05) is 29.5 Å².